The molecule has 4 heteroatoms. The maximum Gasteiger partial charge on any atom is 0.128 e. The predicted octanol–water partition coefficient (Wildman–Crippen LogP) is 1.10. The van der Waals surface area contributed by atoms with Crippen LogP contribution in [0.15, 0.2) is 18.3 Å². The Kier molecular flexibility index (Phi) is 3.41. The Labute approximate surface area is 95.5 Å². The fraction of sp³-hybridized carbons (Fsp3) is 0.583. The highest BCUT2D eigenvalue weighted by atomic mass is 16.3. The van der Waals surface area contributed by atoms with Gasteiger partial charge in [-0.3, -0.25) is 0 Å². The summed E-state index contributed by atoms with van der Waals surface area (Å²) in [5, 5.41) is 18.6. The molecule has 0 saturated carbocycles. The van der Waals surface area contributed by atoms with E-state index in [0.717, 1.165) is 30.8 Å². The minimum Gasteiger partial charge on any atom is -0.394 e. The van der Waals surface area contributed by atoms with Crippen molar-refractivity contribution in [1.82, 2.24) is 4.98 Å². The average molecular weight is 222 g/mol. The molecule has 4 nitrogen and oxygen atoms in total. The van der Waals surface area contributed by atoms with Crippen LogP contribution in [-0.2, 0) is 0 Å². The average Bonchev–Trinajstić information content (AvgIpc) is 2.77. The first kappa shape index (κ1) is 11.4. The number of anilines is 1. The molecule has 1 unspecified atom stereocenters. The lowest BCUT2D eigenvalue weighted by Gasteiger charge is -2.24. The zero-order chi connectivity index (χ0) is 11.5. The second-order valence-corrected chi connectivity index (χ2v) is 4.30. The third-order valence-corrected chi connectivity index (χ3v) is 3.14. The normalized spacial score (nSPS) is 22.4. The summed E-state index contributed by atoms with van der Waals surface area (Å²) >= 11 is 0. The van der Waals surface area contributed by atoms with Crippen LogP contribution in [0, 0.1) is 0 Å². The van der Waals surface area contributed by atoms with Crippen LogP contribution < -0.4 is 4.90 Å². The summed E-state index contributed by atoms with van der Waals surface area (Å²) in [6.45, 7) is 2.86. The van der Waals surface area contributed by atoms with Crippen molar-refractivity contribution in [3.63, 3.8) is 0 Å². The maximum absolute atomic E-state index is 9.38. The smallest absolute Gasteiger partial charge is 0.128 e. The molecule has 0 aliphatic carbocycles. The van der Waals surface area contributed by atoms with Gasteiger partial charge in [0, 0.05) is 12.7 Å². The van der Waals surface area contributed by atoms with Gasteiger partial charge in [-0.15, -0.1) is 0 Å². The highest BCUT2D eigenvalue weighted by Crippen LogP contribution is 2.24. The van der Waals surface area contributed by atoms with Crippen LogP contribution in [0.4, 0.5) is 5.82 Å². The monoisotopic (exact) mass is 222 g/mol. The van der Waals surface area contributed by atoms with Gasteiger partial charge in [0.05, 0.1) is 18.8 Å². The summed E-state index contributed by atoms with van der Waals surface area (Å²) in [5.74, 6) is 0.890. The van der Waals surface area contributed by atoms with Gasteiger partial charge in [0.25, 0.3) is 0 Å². The molecule has 16 heavy (non-hydrogen) atoms. The van der Waals surface area contributed by atoms with Gasteiger partial charge in [-0.2, -0.15) is 0 Å². The standard InChI is InChI=1S/C12H18N2O2/c1-9(16)10-4-5-12(13-7-10)14-6-2-3-11(14)8-15/h4-5,7,9,11,15-16H,2-3,6,8H2,1H3/t9-,11?/m0/s1. The van der Waals surface area contributed by atoms with Crippen molar-refractivity contribution in [2.75, 3.05) is 18.1 Å². The summed E-state index contributed by atoms with van der Waals surface area (Å²) in [6, 6.07) is 4.00. The second kappa shape index (κ2) is 4.80. The SMILES string of the molecule is C[C@H](O)c1ccc(N2CCCC2CO)nc1. The van der Waals surface area contributed by atoms with Crippen LogP contribution in [0.25, 0.3) is 0 Å². The molecule has 1 fully saturated rings. The molecule has 2 heterocycles. The Morgan fingerprint density at radius 2 is 2.38 bits per heavy atom. The molecule has 0 aromatic carbocycles. The second-order valence-electron chi connectivity index (χ2n) is 4.30. The molecule has 2 rings (SSSR count). The van der Waals surface area contributed by atoms with Gasteiger partial charge >= 0.3 is 0 Å². The van der Waals surface area contributed by atoms with Gasteiger partial charge < -0.3 is 15.1 Å². The number of aromatic nitrogens is 1. The van der Waals surface area contributed by atoms with Crippen molar-refractivity contribution in [1.29, 1.82) is 0 Å². The van der Waals surface area contributed by atoms with Gasteiger partial charge in [-0.05, 0) is 31.4 Å². The maximum atomic E-state index is 9.38. The van der Waals surface area contributed by atoms with Crippen molar-refractivity contribution in [2.45, 2.75) is 31.9 Å². The van der Waals surface area contributed by atoms with E-state index in [1.54, 1.807) is 13.1 Å². The van der Waals surface area contributed by atoms with Crippen LogP contribution in [0.2, 0.25) is 0 Å². The Bertz CT molecular complexity index is 337. The van der Waals surface area contributed by atoms with E-state index in [0.29, 0.717) is 0 Å². The van der Waals surface area contributed by atoms with E-state index in [2.05, 4.69) is 9.88 Å². The lowest BCUT2D eigenvalue weighted by molar-refractivity contribution is 0.199. The third-order valence-electron chi connectivity index (χ3n) is 3.14. The minimum absolute atomic E-state index is 0.180. The van der Waals surface area contributed by atoms with Crippen LogP contribution in [0.5, 0.6) is 0 Å². The van der Waals surface area contributed by atoms with Crippen LogP contribution >= 0.6 is 0 Å². The lowest BCUT2D eigenvalue weighted by atomic mass is 10.2. The van der Waals surface area contributed by atoms with Crippen molar-refractivity contribution in [2.24, 2.45) is 0 Å². The Morgan fingerprint density at radius 1 is 1.56 bits per heavy atom. The molecular weight excluding hydrogens is 204 g/mol. The zero-order valence-corrected chi connectivity index (χ0v) is 9.50. The van der Waals surface area contributed by atoms with Crippen LogP contribution in [0.3, 0.4) is 0 Å². The predicted molar refractivity (Wildman–Crippen MR) is 62.3 cm³/mol. The summed E-state index contributed by atoms with van der Waals surface area (Å²) in [4.78, 5) is 6.47. The minimum atomic E-state index is -0.478. The fourth-order valence-corrected chi connectivity index (χ4v) is 2.14. The van der Waals surface area contributed by atoms with E-state index in [-0.39, 0.29) is 12.6 Å². The third kappa shape index (κ3) is 2.18. The van der Waals surface area contributed by atoms with Crippen molar-refractivity contribution < 1.29 is 10.2 Å². The van der Waals surface area contributed by atoms with Gasteiger partial charge in [-0.25, -0.2) is 4.98 Å². The van der Waals surface area contributed by atoms with E-state index >= 15 is 0 Å². The topological polar surface area (TPSA) is 56.6 Å². The number of rotatable bonds is 3. The lowest BCUT2D eigenvalue weighted by Crippen LogP contribution is -2.32. The number of aliphatic hydroxyl groups is 2. The number of hydrogen-bond acceptors (Lipinski definition) is 4. The molecule has 1 aliphatic heterocycles. The molecule has 1 aromatic heterocycles. The highest BCUT2D eigenvalue weighted by Gasteiger charge is 2.24. The van der Waals surface area contributed by atoms with Crippen molar-refractivity contribution >= 4 is 5.82 Å². The molecule has 2 N–H and O–H groups in total. The molecule has 0 radical (unpaired) electrons. The first-order valence-corrected chi connectivity index (χ1v) is 5.74. The van der Waals surface area contributed by atoms with E-state index in [9.17, 15) is 10.2 Å². The van der Waals surface area contributed by atoms with Crippen LogP contribution in [-0.4, -0.2) is 34.4 Å². The Hall–Kier alpha value is -1.13. The summed E-state index contributed by atoms with van der Waals surface area (Å²) in [7, 11) is 0. The number of aliphatic hydroxyl groups excluding tert-OH is 2. The van der Waals surface area contributed by atoms with Crippen molar-refractivity contribution in [3.8, 4) is 0 Å². The molecule has 1 saturated heterocycles. The van der Waals surface area contributed by atoms with E-state index in [1.165, 1.54) is 0 Å². The molecule has 88 valence electrons. The molecule has 0 amide bonds. The first-order chi connectivity index (χ1) is 7.72. The number of hydrogen-bond donors (Lipinski definition) is 2. The Morgan fingerprint density at radius 3 is 2.94 bits per heavy atom. The molecule has 1 aliphatic rings. The van der Waals surface area contributed by atoms with E-state index in [1.807, 2.05) is 12.1 Å². The molecule has 2 atom stereocenters. The summed E-state index contributed by atoms with van der Waals surface area (Å²) < 4.78 is 0. The van der Waals surface area contributed by atoms with E-state index in [4.69, 9.17) is 0 Å². The molecule has 1 aromatic rings. The van der Waals surface area contributed by atoms with Gasteiger partial charge in [-0.1, -0.05) is 6.07 Å². The molecular formula is C12H18N2O2. The van der Waals surface area contributed by atoms with Crippen molar-refractivity contribution in [3.05, 3.63) is 23.9 Å². The fourth-order valence-electron chi connectivity index (χ4n) is 2.14. The summed E-state index contributed by atoms with van der Waals surface area (Å²) in [6.07, 6.45) is 3.35. The number of pyridine rings is 1. The summed E-state index contributed by atoms with van der Waals surface area (Å²) in [5.41, 5.74) is 0.823. The molecule has 0 spiro atoms. The van der Waals surface area contributed by atoms with Crippen LogP contribution in [0.1, 0.15) is 31.4 Å². The zero-order valence-electron chi connectivity index (χ0n) is 9.50. The first-order valence-electron chi connectivity index (χ1n) is 5.74. The van der Waals surface area contributed by atoms with Gasteiger partial charge in [0.1, 0.15) is 5.82 Å². The number of nitrogens with zero attached hydrogens (tertiary/aromatic N) is 2. The highest BCUT2D eigenvalue weighted by molar-refractivity contribution is 5.42. The quantitative estimate of drug-likeness (QED) is 0.804. The Balaban J connectivity index is 2.15. The molecule has 0 bridgehead atoms. The largest absolute Gasteiger partial charge is 0.394 e. The van der Waals surface area contributed by atoms with Gasteiger partial charge in [0.2, 0.25) is 0 Å². The van der Waals surface area contributed by atoms with Gasteiger partial charge in [0.15, 0.2) is 0 Å². The van der Waals surface area contributed by atoms with E-state index < -0.39 is 6.10 Å².